The fourth-order valence-electron chi connectivity index (χ4n) is 1.78. The van der Waals surface area contributed by atoms with E-state index in [0.29, 0.717) is 6.54 Å². The SMILES string of the molecule is C=CCn1c(CN)nc2cc(C)ccc21. The van der Waals surface area contributed by atoms with Gasteiger partial charge in [-0.1, -0.05) is 12.1 Å². The lowest BCUT2D eigenvalue weighted by atomic mass is 10.2. The van der Waals surface area contributed by atoms with E-state index in [1.54, 1.807) is 0 Å². The highest BCUT2D eigenvalue weighted by molar-refractivity contribution is 5.76. The number of imidazole rings is 1. The third-order valence-electron chi connectivity index (χ3n) is 2.48. The van der Waals surface area contributed by atoms with Crippen molar-refractivity contribution in [2.75, 3.05) is 0 Å². The highest BCUT2D eigenvalue weighted by Gasteiger charge is 2.07. The smallest absolute Gasteiger partial charge is 0.123 e. The maximum atomic E-state index is 5.67. The van der Waals surface area contributed by atoms with Gasteiger partial charge in [0.15, 0.2) is 0 Å². The molecule has 2 aromatic rings. The molecule has 1 heterocycles. The highest BCUT2D eigenvalue weighted by Crippen LogP contribution is 2.17. The zero-order valence-corrected chi connectivity index (χ0v) is 8.90. The molecule has 0 atom stereocenters. The van der Waals surface area contributed by atoms with Gasteiger partial charge in [0, 0.05) is 6.54 Å². The molecule has 0 amide bonds. The second-order valence-corrected chi connectivity index (χ2v) is 3.62. The third kappa shape index (κ3) is 1.66. The molecule has 0 saturated carbocycles. The minimum atomic E-state index is 0.460. The monoisotopic (exact) mass is 201 g/mol. The number of nitrogens with zero attached hydrogens (tertiary/aromatic N) is 2. The van der Waals surface area contributed by atoms with Crippen molar-refractivity contribution in [2.45, 2.75) is 20.0 Å². The molecule has 3 nitrogen and oxygen atoms in total. The summed E-state index contributed by atoms with van der Waals surface area (Å²) >= 11 is 0. The first kappa shape index (κ1) is 9.93. The van der Waals surface area contributed by atoms with Crippen LogP contribution in [0.5, 0.6) is 0 Å². The van der Waals surface area contributed by atoms with Crippen LogP contribution in [-0.4, -0.2) is 9.55 Å². The average Bonchev–Trinajstić information content (AvgIpc) is 2.56. The summed E-state index contributed by atoms with van der Waals surface area (Å²) in [6.45, 7) is 7.03. The van der Waals surface area contributed by atoms with Gasteiger partial charge in [0.1, 0.15) is 5.82 Å². The van der Waals surface area contributed by atoms with E-state index >= 15 is 0 Å². The van der Waals surface area contributed by atoms with Gasteiger partial charge in [0.2, 0.25) is 0 Å². The van der Waals surface area contributed by atoms with Crippen molar-refractivity contribution in [1.29, 1.82) is 0 Å². The van der Waals surface area contributed by atoms with Gasteiger partial charge in [-0.2, -0.15) is 0 Å². The van der Waals surface area contributed by atoms with Gasteiger partial charge in [0.25, 0.3) is 0 Å². The minimum absolute atomic E-state index is 0.460. The van der Waals surface area contributed by atoms with Crippen LogP contribution in [0.25, 0.3) is 11.0 Å². The highest BCUT2D eigenvalue weighted by atomic mass is 15.1. The fraction of sp³-hybridized carbons (Fsp3) is 0.250. The summed E-state index contributed by atoms with van der Waals surface area (Å²) in [7, 11) is 0. The maximum Gasteiger partial charge on any atom is 0.123 e. The first-order chi connectivity index (χ1) is 7.26. The number of aryl methyl sites for hydroxylation is 1. The maximum absolute atomic E-state index is 5.67. The predicted octanol–water partition coefficient (Wildman–Crippen LogP) is 1.99. The molecule has 3 heteroatoms. The van der Waals surface area contributed by atoms with Crippen LogP contribution in [0.2, 0.25) is 0 Å². The van der Waals surface area contributed by atoms with Crippen molar-refractivity contribution < 1.29 is 0 Å². The first-order valence-electron chi connectivity index (χ1n) is 5.03. The van der Waals surface area contributed by atoms with Crippen molar-refractivity contribution in [3.05, 3.63) is 42.2 Å². The minimum Gasteiger partial charge on any atom is -0.324 e. The molecule has 0 spiro atoms. The Morgan fingerprint density at radius 3 is 3.00 bits per heavy atom. The van der Waals surface area contributed by atoms with Crippen molar-refractivity contribution in [1.82, 2.24) is 9.55 Å². The molecule has 0 aliphatic heterocycles. The molecule has 1 aromatic heterocycles. The van der Waals surface area contributed by atoms with Crippen LogP contribution >= 0.6 is 0 Å². The summed E-state index contributed by atoms with van der Waals surface area (Å²) < 4.78 is 2.10. The Morgan fingerprint density at radius 2 is 2.33 bits per heavy atom. The van der Waals surface area contributed by atoms with Gasteiger partial charge in [-0.25, -0.2) is 4.98 Å². The van der Waals surface area contributed by atoms with Crippen molar-refractivity contribution >= 4 is 11.0 Å². The van der Waals surface area contributed by atoms with Gasteiger partial charge in [-0.05, 0) is 24.6 Å². The number of allylic oxidation sites excluding steroid dienone is 1. The topological polar surface area (TPSA) is 43.8 Å². The molecule has 78 valence electrons. The molecule has 0 aliphatic carbocycles. The Labute approximate surface area is 89.2 Å². The Morgan fingerprint density at radius 1 is 1.53 bits per heavy atom. The Kier molecular flexibility index (Phi) is 2.56. The largest absolute Gasteiger partial charge is 0.324 e. The number of rotatable bonds is 3. The number of fused-ring (bicyclic) bond motifs is 1. The molecule has 0 bridgehead atoms. The van der Waals surface area contributed by atoms with E-state index < -0.39 is 0 Å². The van der Waals surface area contributed by atoms with Crippen molar-refractivity contribution in [2.24, 2.45) is 5.73 Å². The fourth-order valence-corrected chi connectivity index (χ4v) is 1.78. The first-order valence-corrected chi connectivity index (χ1v) is 5.03. The van der Waals surface area contributed by atoms with Crippen LogP contribution < -0.4 is 5.73 Å². The molecule has 0 unspecified atom stereocenters. The third-order valence-corrected chi connectivity index (χ3v) is 2.48. The summed E-state index contributed by atoms with van der Waals surface area (Å²) in [5.41, 5.74) is 9.02. The summed E-state index contributed by atoms with van der Waals surface area (Å²) in [6.07, 6.45) is 1.86. The lowest BCUT2D eigenvalue weighted by Crippen LogP contribution is -2.07. The average molecular weight is 201 g/mol. The van der Waals surface area contributed by atoms with Crippen molar-refractivity contribution in [3.8, 4) is 0 Å². The van der Waals surface area contributed by atoms with Crippen LogP contribution in [0.3, 0.4) is 0 Å². The van der Waals surface area contributed by atoms with Gasteiger partial charge in [0.05, 0.1) is 17.6 Å². The van der Waals surface area contributed by atoms with Crippen LogP contribution in [-0.2, 0) is 13.1 Å². The Hall–Kier alpha value is -1.61. The number of nitrogens with two attached hydrogens (primary N) is 1. The van der Waals surface area contributed by atoms with E-state index in [9.17, 15) is 0 Å². The molecule has 15 heavy (non-hydrogen) atoms. The zero-order valence-electron chi connectivity index (χ0n) is 8.90. The van der Waals surface area contributed by atoms with Gasteiger partial charge in [-0.3, -0.25) is 0 Å². The second-order valence-electron chi connectivity index (χ2n) is 3.62. The number of benzene rings is 1. The second kappa shape index (κ2) is 3.87. The van der Waals surface area contributed by atoms with Crippen LogP contribution in [0.15, 0.2) is 30.9 Å². The zero-order chi connectivity index (χ0) is 10.8. The predicted molar refractivity (Wildman–Crippen MR) is 62.6 cm³/mol. The molecular weight excluding hydrogens is 186 g/mol. The molecular formula is C12H15N3. The van der Waals surface area contributed by atoms with E-state index in [2.05, 4.69) is 41.3 Å². The summed E-state index contributed by atoms with van der Waals surface area (Å²) in [5.74, 6) is 0.913. The lowest BCUT2D eigenvalue weighted by Gasteiger charge is -2.03. The van der Waals surface area contributed by atoms with E-state index in [-0.39, 0.29) is 0 Å². The quantitative estimate of drug-likeness (QED) is 0.772. The molecule has 2 rings (SSSR count). The number of hydrogen-bond acceptors (Lipinski definition) is 2. The molecule has 0 radical (unpaired) electrons. The van der Waals surface area contributed by atoms with E-state index in [4.69, 9.17) is 5.73 Å². The summed E-state index contributed by atoms with van der Waals surface area (Å²) in [6, 6.07) is 6.25. The number of hydrogen-bond donors (Lipinski definition) is 1. The molecule has 0 aliphatic rings. The summed E-state index contributed by atoms with van der Waals surface area (Å²) in [5, 5.41) is 0. The molecule has 0 saturated heterocycles. The van der Waals surface area contributed by atoms with Gasteiger partial charge in [-0.15, -0.1) is 6.58 Å². The van der Waals surface area contributed by atoms with Crippen LogP contribution in [0, 0.1) is 6.92 Å². The Balaban J connectivity index is 2.68. The molecule has 0 fully saturated rings. The molecule has 1 aromatic carbocycles. The van der Waals surface area contributed by atoms with Crippen LogP contribution in [0.1, 0.15) is 11.4 Å². The standard InChI is InChI=1S/C12H15N3/c1-3-6-15-11-5-4-9(2)7-10(11)14-12(15)8-13/h3-5,7H,1,6,8,13H2,2H3. The lowest BCUT2D eigenvalue weighted by molar-refractivity contribution is 0.759. The van der Waals surface area contributed by atoms with Gasteiger partial charge < -0.3 is 10.3 Å². The van der Waals surface area contributed by atoms with E-state index in [0.717, 1.165) is 23.4 Å². The van der Waals surface area contributed by atoms with Crippen LogP contribution in [0.4, 0.5) is 0 Å². The summed E-state index contributed by atoms with van der Waals surface area (Å²) in [4.78, 5) is 4.50. The van der Waals surface area contributed by atoms with Gasteiger partial charge >= 0.3 is 0 Å². The van der Waals surface area contributed by atoms with E-state index in [1.165, 1.54) is 5.56 Å². The normalized spacial score (nSPS) is 10.8. The van der Waals surface area contributed by atoms with E-state index in [1.807, 2.05) is 6.08 Å². The number of aromatic nitrogens is 2. The Bertz CT molecular complexity index is 497. The van der Waals surface area contributed by atoms with Crippen molar-refractivity contribution in [3.63, 3.8) is 0 Å². The molecule has 2 N–H and O–H groups in total.